The Hall–Kier alpha value is -3.23. The molecule has 0 aliphatic rings. The van der Waals surface area contributed by atoms with Gasteiger partial charge in [-0.25, -0.2) is 8.78 Å². The maximum absolute atomic E-state index is 13.2. The van der Waals surface area contributed by atoms with Gasteiger partial charge in [0.1, 0.15) is 11.5 Å². The molecule has 1 unspecified atom stereocenters. The van der Waals surface area contributed by atoms with Gasteiger partial charge in [-0.15, -0.1) is 12.3 Å². The lowest BCUT2D eigenvalue weighted by atomic mass is 10.00. The monoisotopic (exact) mass is 525 g/mol. The summed E-state index contributed by atoms with van der Waals surface area (Å²) in [7, 11) is 0. The van der Waals surface area contributed by atoms with E-state index in [0.29, 0.717) is 29.5 Å². The number of halogens is 2. The Morgan fingerprint density at radius 3 is 2.13 bits per heavy atom. The Morgan fingerprint density at radius 1 is 1.11 bits per heavy atom. The van der Waals surface area contributed by atoms with Crippen LogP contribution < -0.4 is 10.5 Å². The summed E-state index contributed by atoms with van der Waals surface area (Å²) in [5.41, 5.74) is 8.31. The fraction of sp³-hybridized carbons (Fsp3) is 0.424. The van der Waals surface area contributed by atoms with E-state index >= 15 is 0 Å². The summed E-state index contributed by atoms with van der Waals surface area (Å²) in [5, 5.41) is 0. The molecule has 0 saturated carbocycles. The Balaban J connectivity index is 0.000000762. The average Bonchev–Trinajstić information content (AvgIpc) is 2.89. The number of hydrogen-bond donors (Lipinski definition) is 1. The molecule has 0 spiro atoms. The molecule has 208 valence electrons. The van der Waals surface area contributed by atoms with Crippen LogP contribution in [0.4, 0.5) is 8.78 Å². The first-order chi connectivity index (χ1) is 17.9. The second-order valence-corrected chi connectivity index (χ2v) is 9.08. The molecule has 0 bridgehead atoms. The first kappa shape index (κ1) is 34.8. The lowest BCUT2D eigenvalue weighted by Gasteiger charge is -2.13. The van der Waals surface area contributed by atoms with E-state index in [-0.39, 0.29) is 11.3 Å². The van der Waals surface area contributed by atoms with E-state index in [4.69, 9.17) is 16.9 Å². The summed E-state index contributed by atoms with van der Waals surface area (Å²) in [6, 6.07) is 11.1. The molecular formula is C33H45F2NO2. The third-order valence-electron chi connectivity index (χ3n) is 5.80. The Morgan fingerprint density at radius 2 is 1.68 bits per heavy atom. The molecule has 0 aliphatic heterocycles. The number of rotatable bonds is 10. The summed E-state index contributed by atoms with van der Waals surface area (Å²) < 4.78 is 32.1. The van der Waals surface area contributed by atoms with Crippen LogP contribution in [0.3, 0.4) is 0 Å². The molecule has 38 heavy (non-hydrogen) atoms. The van der Waals surface area contributed by atoms with Gasteiger partial charge in [0, 0.05) is 31.0 Å². The molecule has 0 amide bonds. The largest absolute Gasteiger partial charge is 0.457 e. The molecule has 2 aromatic carbocycles. The van der Waals surface area contributed by atoms with Crippen LogP contribution in [0.15, 0.2) is 66.3 Å². The van der Waals surface area contributed by atoms with Gasteiger partial charge in [0.25, 0.3) is 5.92 Å². The number of Topliss-reactive ketones (excluding diaryl/α,β-unsaturated/α-hetero) is 1. The van der Waals surface area contributed by atoms with E-state index in [0.717, 1.165) is 31.7 Å². The van der Waals surface area contributed by atoms with Crippen LogP contribution in [0.2, 0.25) is 0 Å². The van der Waals surface area contributed by atoms with Crippen molar-refractivity contribution in [2.24, 2.45) is 11.7 Å². The zero-order chi connectivity index (χ0) is 29.1. The maximum atomic E-state index is 13.2. The van der Waals surface area contributed by atoms with Crippen molar-refractivity contribution in [2.45, 2.75) is 80.1 Å². The molecule has 0 aliphatic carbocycles. The van der Waals surface area contributed by atoms with Crippen molar-refractivity contribution >= 4 is 5.78 Å². The standard InChI is InChI=1S/C19H20F2O2.C10H19N.C4H6/c1-4-5-14-6-9-17(12-18(14)13(2)22)23-16-10-7-15(8-11-16)19(3,20)21;1-4-9(2)10(3)7-5-6-8-11;1-3-4-2/h6-12H,4-5H2,1-3H3;5-7,9H,4,8,11H2,1-3H3;1H,4H2,2H3/b;6-5-,10-7+;. The summed E-state index contributed by atoms with van der Waals surface area (Å²) in [6.45, 7) is 13.6. The topological polar surface area (TPSA) is 52.3 Å². The van der Waals surface area contributed by atoms with Crippen molar-refractivity contribution in [1.82, 2.24) is 0 Å². The quantitative estimate of drug-likeness (QED) is 0.191. The Kier molecular flexibility index (Phi) is 17.3. The molecule has 3 nitrogen and oxygen atoms in total. The van der Waals surface area contributed by atoms with Crippen LogP contribution in [0.25, 0.3) is 0 Å². The minimum Gasteiger partial charge on any atom is -0.457 e. The van der Waals surface area contributed by atoms with E-state index in [1.165, 1.54) is 43.2 Å². The van der Waals surface area contributed by atoms with Crippen LogP contribution in [0.1, 0.15) is 89.2 Å². The number of ether oxygens (including phenoxy) is 1. The predicted molar refractivity (Wildman–Crippen MR) is 157 cm³/mol. The van der Waals surface area contributed by atoms with Crippen LogP contribution >= 0.6 is 0 Å². The number of carbonyl (C=O) groups excluding carboxylic acids is 1. The fourth-order valence-electron chi connectivity index (χ4n) is 3.17. The number of aryl methyl sites for hydroxylation is 1. The van der Waals surface area contributed by atoms with Gasteiger partial charge in [-0.2, -0.15) is 0 Å². The second kappa shape index (κ2) is 18.9. The van der Waals surface area contributed by atoms with Gasteiger partial charge < -0.3 is 10.5 Å². The number of hydrogen-bond acceptors (Lipinski definition) is 3. The minimum atomic E-state index is -2.87. The molecule has 0 fully saturated rings. The van der Waals surface area contributed by atoms with Crippen molar-refractivity contribution in [3.05, 3.63) is 83.0 Å². The van der Waals surface area contributed by atoms with E-state index in [1.54, 1.807) is 12.1 Å². The van der Waals surface area contributed by atoms with Gasteiger partial charge in [-0.1, -0.05) is 64.0 Å². The molecule has 5 heteroatoms. The van der Waals surface area contributed by atoms with E-state index < -0.39 is 5.92 Å². The number of benzene rings is 2. The summed E-state index contributed by atoms with van der Waals surface area (Å²) >= 11 is 0. The predicted octanol–water partition coefficient (Wildman–Crippen LogP) is 9.27. The van der Waals surface area contributed by atoms with Crippen molar-refractivity contribution in [3.8, 4) is 23.8 Å². The third kappa shape index (κ3) is 13.9. The molecule has 1 atom stereocenters. The number of alkyl halides is 2. The molecule has 0 radical (unpaired) electrons. The Bertz CT molecular complexity index is 1060. The van der Waals surface area contributed by atoms with Gasteiger partial charge >= 0.3 is 0 Å². The van der Waals surface area contributed by atoms with E-state index in [1.807, 2.05) is 25.1 Å². The number of nitrogens with two attached hydrogens (primary N) is 1. The highest BCUT2D eigenvalue weighted by Crippen LogP contribution is 2.30. The SMILES string of the molecule is C#CCC.CCC(C)/C(C)=C/C=C\CN.CCCc1ccc(Oc2ccc(C(C)(F)F)cc2)cc1C(C)=O. The van der Waals surface area contributed by atoms with Crippen molar-refractivity contribution in [2.75, 3.05) is 6.54 Å². The first-order valence-electron chi connectivity index (χ1n) is 13.2. The zero-order valence-electron chi connectivity index (χ0n) is 24.1. The molecule has 2 N–H and O–H groups in total. The van der Waals surface area contributed by atoms with Crippen molar-refractivity contribution in [3.63, 3.8) is 0 Å². The molecule has 0 aromatic heterocycles. The van der Waals surface area contributed by atoms with E-state index in [2.05, 4.69) is 39.7 Å². The lowest BCUT2D eigenvalue weighted by molar-refractivity contribution is 0.0174. The molecule has 2 aromatic rings. The van der Waals surface area contributed by atoms with Crippen LogP contribution in [0, 0.1) is 18.3 Å². The summed E-state index contributed by atoms with van der Waals surface area (Å²) in [5.74, 6) is 1.21. The highest BCUT2D eigenvalue weighted by Gasteiger charge is 2.23. The van der Waals surface area contributed by atoms with Gasteiger partial charge in [0.2, 0.25) is 0 Å². The lowest BCUT2D eigenvalue weighted by Crippen LogP contribution is -2.06. The maximum Gasteiger partial charge on any atom is 0.270 e. The normalized spacial score (nSPS) is 12.0. The molecule has 2 rings (SSSR count). The fourth-order valence-corrected chi connectivity index (χ4v) is 3.17. The number of ketones is 1. The number of terminal acetylenes is 1. The highest BCUT2D eigenvalue weighted by atomic mass is 19.3. The number of allylic oxidation sites excluding steroid dienone is 3. The van der Waals surface area contributed by atoms with Gasteiger partial charge in [0.05, 0.1) is 0 Å². The molecular weight excluding hydrogens is 480 g/mol. The van der Waals surface area contributed by atoms with Gasteiger partial charge in [-0.3, -0.25) is 4.79 Å². The van der Waals surface area contributed by atoms with Gasteiger partial charge in [0.15, 0.2) is 5.78 Å². The Labute approximate surface area is 229 Å². The average molecular weight is 526 g/mol. The van der Waals surface area contributed by atoms with Gasteiger partial charge in [-0.05, 0) is 74.6 Å². The van der Waals surface area contributed by atoms with Crippen LogP contribution in [0.5, 0.6) is 11.5 Å². The second-order valence-electron chi connectivity index (χ2n) is 9.08. The van der Waals surface area contributed by atoms with Crippen LogP contribution in [-0.2, 0) is 12.3 Å². The van der Waals surface area contributed by atoms with Crippen molar-refractivity contribution < 1.29 is 18.3 Å². The van der Waals surface area contributed by atoms with Crippen molar-refractivity contribution in [1.29, 1.82) is 0 Å². The summed E-state index contributed by atoms with van der Waals surface area (Å²) in [6.07, 6.45) is 14.7. The molecule has 0 heterocycles. The third-order valence-corrected chi connectivity index (χ3v) is 5.80. The number of carbonyl (C=O) groups is 1. The van der Waals surface area contributed by atoms with E-state index in [9.17, 15) is 13.6 Å². The molecule has 0 saturated heterocycles. The summed E-state index contributed by atoms with van der Waals surface area (Å²) in [4.78, 5) is 11.8. The highest BCUT2D eigenvalue weighted by molar-refractivity contribution is 5.96. The van der Waals surface area contributed by atoms with Crippen LogP contribution in [-0.4, -0.2) is 12.3 Å². The minimum absolute atomic E-state index is 0.0140. The first-order valence-corrected chi connectivity index (χ1v) is 13.2. The zero-order valence-corrected chi connectivity index (χ0v) is 24.1. The smallest absolute Gasteiger partial charge is 0.270 e.